The Labute approximate surface area is 201 Å². The lowest BCUT2D eigenvalue weighted by Gasteiger charge is -2.42. The van der Waals surface area contributed by atoms with Crippen LogP contribution in [0.1, 0.15) is 23.1 Å². The van der Waals surface area contributed by atoms with Gasteiger partial charge in [-0.3, -0.25) is 0 Å². The summed E-state index contributed by atoms with van der Waals surface area (Å²) >= 11 is 0. The molecular weight excluding hydrogens is 428 g/mol. The number of carbonyl (C=O) groups excluding carboxylic acids is 1. The van der Waals surface area contributed by atoms with Gasteiger partial charge in [-0.05, 0) is 16.7 Å². The highest BCUT2D eigenvalue weighted by Crippen LogP contribution is 2.29. The summed E-state index contributed by atoms with van der Waals surface area (Å²) in [5.41, 5.74) is 3.26. The second-order valence-corrected chi connectivity index (χ2v) is 8.56. The summed E-state index contributed by atoms with van der Waals surface area (Å²) in [5, 5.41) is 0. The molecule has 1 aliphatic rings. The van der Waals surface area contributed by atoms with E-state index in [0.29, 0.717) is 39.5 Å². The van der Waals surface area contributed by atoms with E-state index in [-0.39, 0.29) is 24.2 Å². The van der Waals surface area contributed by atoms with Crippen molar-refractivity contribution in [3.8, 4) is 0 Å². The fourth-order valence-corrected chi connectivity index (χ4v) is 4.22. The smallest absolute Gasteiger partial charge is 0.120 e. The molecule has 178 valence electrons. The Bertz CT molecular complexity index is 964. The van der Waals surface area contributed by atoms with E-state index in [1.807, 2.05) is 91.0 Å². The molecule has 0 aliphatic carbocycles. The van der Waals surface area contributed by atoms with Crippen LogP contribution in [0.4, 0.5) is 0 Å². The molecule has 5 nitrogen and oxygen atoms in total. The van der Waals surface area contributed by atoms with E-state index in [4.69, 9.17) is 18.9 Å². The Morgan fingerprint density at radius 3 is 1.74 bits per heavy atom. The summed E-state index contributed by atoms with van der Waals surface area (Å²) in [6.07, 6.45) is 0.359. The molecule has 3 aromatic carbocycles. The second kappa shape index (κ2) is 13.2. The summed E-state index contributed by atoms with van der Waals surface area (Å²) in [5.74, 6) is -0.0765. The third kappa shape index (κ3) is 7.08. The van der Waals surface area contributed by atoms with Crippen LogP contribution in [0.2, 0.25) is 0 Å². The maximum absolute atomic E-state index is 11.4. The van der Waals surface area contributed by atoms with Gasteiger partial charge in [-0.2, -0.15) is 0 Å². The Balaban J connectivity index is 1.47. The van der Waals surface area contributed by atoms with Gasteiger partial charge >= 0.3 is 0 Å². The molecule has 1 saturated heterocycles. The molecule has 0 saturated carbocycles. The van der Waals surface area contributed by atoms with Gasteiger partial charge in [0.15, 0.2) is 0 Å². The lowest BCUT2D eigenvalue weighted by Crippen LogP contribution is -2.54. The third-order valence-corrected chi connectivity index (χ3v) is 6.04. The first-order valence-electron chi connectivity index (χ1n) is 11.8. The molecule has 0 bridgehead atoms. The van der Waals surface area contributed by atoms with Crippen LogP contribution in [0.3, 0.4) is 0 Å². The quantitative estimate of drug-likeness (QED) is 0.357. The number of rotatable bonds is 12. The Hall–Kier alpha value is -2.83. The standard InChI is InChI=1S/C29H32O5/c30-17-16-26-21-32-27(22-31-18-23-10-4-1-5-11-23)29(34-20-25-14-8-3-9-15-25)28(26)33-19-24-12-6-2-7-13-24/h1-15,17,26-29H,16,18-22H2/t26-,27?,28?,29?/m1/s1. The molecule has 4 rings (SSSR count). The highest BCUT2D eigenvalue weighted by atomic mass is 16.6. The van der Waals surface area contributed by atoms with Crippen LogP contribution in [0, 0.1) is 5.92 Å². The summed E-state index contributed by atoms with van der Waals surface area (Å²) < 4.78 is 25.0. The van der Waals surface area contributed by atoms with Gasteiger partial charge in [0.1, 0.15) is 18.5 Å². The Morgan fingerprint density at radius 1 is 0.706 bits per heavy atom. The van der Waals surface area contributed by atoms with Gasteiger partial charge in [-0.1, -0.05) is 91.0 Å². The molecule has 34 heavy (non-hydrogen) atoms. The summed E-state index contributed by atoms with van der Waals surface area (Å²) in [7, 11) is 0. The second-order valence-electron chi connectivity index (χ2n) is 8.56. The molecule has 1 fully saturated rings. The molecule has 4 atom stereocenters. The highest BCUT2D eigenvalue weighted by Gasteiger charge is 2.42. The Kier molecular flexibility index (Phi) is 9.40. The zero-order chi connectivity index (χ0) is 23.4. The molecule has 0 N–H and O–H groups in total. The van der Waals surface area contributed by atoms with Crippen LogP contribution in [0.25, 0.3) is 0 Å². The lowest BCUT2D eigenvalue weighted by atomic mass is 9.89. The zero-order valence-electron chi connectivity index (χ0n) is 19.3. The van der Waals surface area contributed by atoms with Crippen LogP contribution in [0.5, 0.6) is 0 Å². The predicted molar refractivity (Wildman–Crippen MR) is 130 cm³/mol. The number of benzene rings is 3. The molecule has 1 heterocycles. The highest BCUT2D eigenvalue weighted by molar-refractivity contribution is 5.50. The monoisotopic (exact) mass is 460 g/mol. The van der Waals surface area contributed by atoms with Crippen molar-refractivity contribution >= 4 is 6.29 Å². The molecule has 0 spiro atoms. The van der Waals surface area contributed by atoms with Crippen LogP contribution in [-0.2, 0) is 43.6 Å². The Morgan fingerprint density at radius 2 is 1.21 bits per heavy atom. The topological polar surface area (TPSA) is 54.0 Å². The van der Waals surface area contributed by atoms with E-state index in [2.05, 4.69) is 0 Å². The number of carbonyl (C=O) groups is 1. The van der Waals surface area contributed by atoms with Gasteiger partial charge < -0.3 is 23.7 Å². The summed E-state index contributed by atoms with van der Waals surface area (Å²) in [6.45, 7) is 2.20. The molecular formula is C29H32O5. The molecule has 0 amide bonds. The minimum absolute atomic E-state index is 0.0765. The van der Waals surface area contributed by atoms with Crippen molar-refractivity contribution in [3.05, 3.63) is 108 Å². The SMILES string of the molecule is O=CC[C@@H]1COC(COCc2ccccc2)C(OCc2ccccc2)C1OCc1ccccc1. The minimum atomic E-state index is -0.363. The van der Waals surface area contributed by atoms with Crippen LogP contribution in [0.15, 0.2) is 91.0 Å². The lowest BCUT2D eigenvalue weighted by molar-refractivity contribution is -0.219. The minimum Gasteiger partial charge on any atom is -0.374 e. The van der Waals surface area contributed by atoms with E-state index in [1.165, 1.54) is 0 Å². The molecule has 0 aromatic heterocycles. The maximum Gasteiger partial charge on any atom is 0.120 e. The summed E-state index contributed by atoms with van der Waals surface area (Å²) in [6, 6.07) is 30.2. The average Bonchev–Trinajstić information content (AvgIpc) is 2.89. The van der Waals surface area contributed by atoms with Crippen LogP contribution < -0.4 is 0 Å². The first-order chi connectivity index (χ1) is 16.8. The van der Waals surface area contributed by atoms with Crippen molar-refractivity contribution in [1.82, 2.24) is 0 Å². The van der Waals surface area contributed by atoms with Gasteiger partial charge in [-0.15, -0.1) is 0 Å². The first-order valence-corrected chi connectivity index (χ1v) is 11.8. The molecule has 0 radical (unpaired) electrons. The van der Waals surface area contributed by atoms with Gasteiger partial charge in [-0.25, -0.2) is 0 Å². The van der Waals surface area contributed by atoms with E-state index < -0.39 is 0 Å². The fraction of sp³-hybridized carbons (Fsp3) is 0.345. The molecule has 5 heteroatoms. The van der Waals surface area contributed by atoms with Crippen molar-refractivity contribution in [3.63, 3.8) is 0 Å². The molecule has 3 aromatic rings. The number of aldehydes is 1. The zero-order valence-corrected chi connectivity index (χ0v) is 19.3. The van der Waals surface area contributed by atoms with Gasteiger partial charge in [0, 0.05) is 12.3 Å². The van der Waals surface area contributed by atoms with Gasteiger partial charge in [0.2, 0.25) is 0 Å². The van der Waals surface area contributed by atoms with Crippen LogP contribution >= 0.6 is 0 Å². The van der Waals surface area contributed by atoms with Crippen LogP contribution in [-0.4, -0.2) is 37.8 Å². The molecule has 1 aliphatic heterocycles. The van der Waals surface area contributed by atoms with Crippen molar-refractivity contribution in [1.29, 1.82) is 0 Å². The van der Waals surface area contributed by atoms with Gasteiger partial charge in [0.25, 0.3) is 0 Å². The normalized spacial score (nSPS) is 22.4. The average molecular weight is 461 g/mol. The van der Waals surface area contributed by atoms with Crippen molar-refractivity contribution in [2.24, 2.45) is 5.92 Å². The van der Waals surface area contributed by atoms with E-state index in [0.717, 1.165) is 23.0 Å². The predicted octanol–water partition coefficient (Wildman–Crippen LogP) is 4.98. The summed E-state index contributed by atoms with van der Waals surface area (Å²) in [4.78, 5) is 11.4. The largest absolute Gasteiger partial charge is 0.374 e. The third-order valence-electron chi connectivity index (χ3n) is 6.04. The first kappa shape index (κ1) is 24.3. The van der Waals surface area contributed by atoms with Crippen molar-refractivity contribution in [2.45, 2.75) is 44.6 Å². The molecule has 3 unspecified atom stereocenters. The van der Waals surface area contributed by atoms with E-state index >= 15 is 0 Å². The van der Waals surface area contributed by atoms with E-state index in [1.54, 1.807) is 0 Å². The maximum atomic E-state index is 11.4. The van der Waals surface area contributed by atoms with E-state index in [9.17, 15) is 4.79 Å². The number of hydrogen-bond acceptors (Lipinski definition) is 5. The van der Waals surface area contributed by atoms with Gasteiger partial charge in [0.05, 0.1) is 39.1 Å². The number of ether oxygens (including phenoxy) is 4. The fourth-order valence-electron chi connectivity index (χ4n) is 4.22. The van der Waals surface area contributed by atoms with Crippen molar-refractivity contribution < 1.29 is 23.7 Å². The van der Waals surface area contributed by atoms with Crippen molar-refractivity contribution in [2.75, 3.05) is 13.2 Å². The number of hydrogen-bond donors (Lipinski definition) is 0.